The predicted octanol–water partition coefficient (Wildman–Crippen LogP) is 4.58. The lowest BCUT2D eigenvalue weighted by Gasteiger charge is -2.19. The summed E-state index contributed by atoms with van der Waals surface area (Å²) in [6, 6.07) is 6.23. The van der Waals surface area contributed by atoms with Gasteiger partial charge in [0.1, 0.15) is 0 Å². The molecule has 0 fully saturated rings. The lowest BCUT2D eigenvalue weighted by atomic mass is 10.0. The number of halogens is 3. The molecule has 0 unspecified atom stereocenters. The number of benzene rings is 1. The van der Waals surface area contributed by atoms with Crippen LogP contribution in [0.15, 0.2) is 18.2 Å². The van der Waals surface area contributed by atoms with Gasteiger partial charge < -0.3 is 5.11 Å². The standard InChI is InChI=1S/C13H14Cl2FNO/c14-11-6-5-10(9-12(11)15)13(16,18)7-3-1-2-4-8-17/h5-6,9,18H,1-4,7H2/t13-/m1/s1. The van der Waals surface area contributed by atoms with Crippen LogP contribution in [0.1, 0.15) is 37.7 Å². The van der Waals surface area contributed by atoms with Crippen molar-refractivity contribution >= 4 is 23.2 Å². The maximum Gasteiger partial charge on any atom is 0.233 e. The Balaban J connectivity index is 2.57. The minimum atomic E-state index is -2.40. The Morgan fingerprint density at radius 2 is 1.94 bits per heavy atom. The van der Waals surface area contributed by atoms with Crippen LogP contribution in [0.25, 0.3) is 0 Å². The van der Waals surface area contributed by atoms with Crippen LogP contribution in [0.5, 0.6) is 0 Å². The van der Waals surface area contributed by atoms with Crippen LogP contribution < -0.4 is 0 Å². The highest BCUT2D eigenvalue weighted by Gasteiger charge is 2.28. The van der Waals surface area contributed by atoms with E-state index in [1.807, 2.05) is 6.07 Å². The summed E-state index contributed by atoms with van der Waals surface area (Å²) in [6.45, 7) is 0. The molecule has 0 heterocycles. The number of alkyl halides is 1. The number of unbranched alkanes of at least 4 members (excludes halogenated alkanes) is 3. The zero-order chi connectivity index (χ0) is 13.6. The van der Waals surface area contributed by atoms with E-state index in [0.717, 1.165) is 0 Å². The highest BCUT2D eigenvalue weighted by molar-refractivity contribution is 6.42. The molecule has 0 amide bonds. The SMILES string of the molecule is N#CCCCCC[C@](O)(F)c1ccc(Cl)c(Cl)c1. The number of aliphatic hydroxyl groups is 1. The first-order chi connectivity index (χ1) is 8.47. The molecule has 0 aliphatic rings. The molecule has 1 N–H and O–H groups in total. The fourth-order valence-corrected chi connectivity index (χ4v) is 1.92. The number of nitrogens with zero attached hydrogens (tertiary/aromatic N) is 1. The van der Waals surface area contributed by atoms with Crippen molar-refractivity contribution in [2.45, 2.75) is 38.0 Å². The van der Waals surface area contributed by atoms with E-state index in [-0.39, 0.29) is 17.0 Å². The molecule has 98 valence electrons. The largest absolute Gasteiger partial charge is 0.358 e. The van der Waals surface area contributed by atoms with Gasteiger partial charge in [0.05, 0.1) is 16.1 Å². The Bertz CT molecular complexity index is 443. The third-order valence-electron chi connectivity index (χ3n) is 2.66. The average Bonchev–Trinajstić information content (AvgIpc) is 2.32. The van der Waals surface area contributed by atoms with E-state index in [4.69, 9.17) is 28.5 Å². The van der Waals surface area contributed by atoms with Crippen LogP contribution in [0.3, 0.4) is 0 Å². The van der Waals surface area contributed by atoms with Gasteiger partial charge in [-0.2, -0.15) is 5.26 Å². The molecule has 1 aromatic carbocycles. The highest BCUT2D eigenvalue weighted by Crippen LogP contribution is 2.33. The molecule has 0 saturated carbocycles. The fraction of sp³-hybridized carbons (Fsp3) is 0.462. The first-order valence-corrected chi connectivity index (χ1v) is 6.47. The molecule has 1 atom stereocenters. The monoisotopic (exact) mass is 289 g/mol. The van der Waals surface area contributed by atoms with Crippen LogP contribution >= 0.6 is 23.2 Å². The number of hydrogen-bond donors (Lipinski definition) is 1. The lowest BCUT2D eigenvalue weighted by Crippen LogP contribution is -2.19. The van der Waals surface area contributed by atoms with E-state index in [2.05, 4.69) is 0 Å². The topological polar surface area (TPSA) is 44.0 Å². The molecule has 0 aliphatic heterocycles. The van der Waals surface area contributed by atoms with Gasteiger partial charge in [0, 0.05) is 18.4 Å². The highest BCUT2D eigenvalue weighted by atomic mass is 35.5. The van der Waals surface area contributed by atoms with Crippen molar-refractivity contribution in [1.82, 2.24) is 0 Å². The maximum atomic E-state index is 14.0. The van der Waals surface area contributed by atoms with Crippen LogP contribution in [0, 0.1) is 11.3 Å². The van der Waals surface area contributed by atoms with E-state index < -0.39 is 5.85 Å². The fourth-order valence-electron chi connectivity index (χ4n) is 1.62. The summed E-state index contributed by atoms with van der Waals surface area (Å²) in [5.74, 6) is -2.40. The molecule has 0 saturated heterocycles. The van der Waals surface area contributed by atoms with Gasteiger partial charge in [0.2, 0.25) is 5.85 Å². The summed E-state index contributed by atoms with van der Waals surface area (Å²) in [4.78, 5) is 0. The maximum absolute atomic E-state index is 14.0. The molecule has 0 bridgehead atoms. The van der Waals surface area contributed by atoms with Gasteiger partial charge in [-0.25, -0.2) is 4.39 Å². The Hall–Kier alpha value is -0.820. The molecule has 1 aromatic rings. The molecule has 0 spiro atoms. The number of rotatable bonds is 6. The summed E-state index contributed by atoms with van der Waals surface area (Å²) < 4.78 is 14.0. The number of hydrogen-bond acceptors (Lipinski definition) is 2. The summed E-state index contributed by atoms with van der Waals surface area (Å²) in [6.07, 6.45) is 2.37. The Labute approximate surface area is 116 Å². The second-order valence-corrected chi connectivity index (χ2v) is 4.92. The molecular formula is C13H14Cl2FNO. The average molecular weight is 290 g/mol. The Kier molecular flexibility index (Phi) is 5.87. The molecule has 2 nitrogen and oxygen atoms in total. The van der Waals surface area contributed by atoms with Crippen molar-refractivity contribution in [2.75, 3.05) is 0 Å². The summed E-state index contributed by atoms with van der Waals surface area (Å²) in [7, 11) is 0. The lowest BCUT2D eigenvalue weighted by molar-refractivity contribution is -0.103. The normalized spacial score (nSPS) is 13.9. The molecule has 1 rings (SSSR count). The second kappa shape index (κ2) is 6.94. The quantitative estimate of drug-likeness (QED) is 0.779. The first-order valence-electron chi connectivity index (χ1n) is 5.71. The van der Waals surface area contributed by atoms with Crippen molar-refractivity contribution in [1.29, 1.82) is 5.26 Å². The van der Waals surface area contributed by atoms with Crippen molar-refractivity contribution < 1.29 is 9.50 Å². The van der Waals surface area contributed by atoms with Crippen LogP contribution in [-0.4, -0.2) is 5.11 Å². The molecule has 0 aliphatic carbocycles. The minimum absolute atomic E-state index is 0.0175. The van der Waals surface area contributed by atoms with Gasteiger partial charge in [-0.05, 0) is 25.0 Å². The third-order valence-corrected chi connectivity index (χ3v) is 3.40. The Morgan fingerprint density at radius 1 is 1.22 bits per heavy atom. The van der Waals surface area contributed by atoms with Crippen molar-refractivity contribution in [2.24, 2.45) is 0 Å². The third kappa shape index (κ3) is 4.45. The molecule has 0 aromatic heterocycles. The van der Waals surface area contributed by atoms with Gasteiger partial charge in [-0.1, -0.05) is 35.7 Å². The zero-order valence-electron chi connectivity index (χ0n) is 9.80. The van der Waals surface area contributed by atoms with Gasteiger partial charge in [-0.3, -0.25) is 0 Å². The second-order valence-electron chi connectivity index (χ2n) is 4.11. The van der Waals surface area contributed by atoms with Crippen molar-refractivity contribution in [3.8, 4) is 6.07 Å². The van der Waals surface area contributed by atoms with E-state index in [9.17, 15) is 9.50 Å². The predicted molar refractivity (Wildman–Crippen MR) is 70.2 cm³/mol. The van der Waals surface area contributed by atoms with Crippen molar-refractivity contribution in [3.63, 3.8) is 0 Å². The Morgan fingerprint density at radius 3 is 2.56 bits per heavy atom. The molecular weight excluding hydrogens is 276 g/mol. The summed E-state index contributed by atoms with van der Waals surface area (Å²) in [5, 5.41) is 18.6. The van der Waals surface area contributed by atoms with E-state index in [1.54, 1.807) is 0 Å². The van der Waals surface area contributed by atoms with Crippen molar-refractivity contribution in [3.05, 3.63) is 33.8 Å². The van der Waals surface area contributed by atoms with Gasteiger partial charge in [0.25, 0.3) is 0 Å². The van der Waals surface area contributed by atoms with Gasteiger partial charge in [-0.15, -0.1) is 0 Å². The smallest absolute Gasteiger partial charge is 0.233 e. The van der Waals surface area contributed by atoms with Gasteiger partial charge in [0.15, 0.2) is 0 Å². The minimum Gasteiger partial charge on any atom is -0.358 e. The summed E-state index contributed by atoms with van der Waals surface area (Å²) in [5.41, 5.74) is 0.109. The molecule has 0 radical (unpaired) electrons. The summed E-state index contributed by atoms with van der Waals surface area (Å²) >= 11 is 11.5. The van der Waals surface area contributed by atoms with Gasteiger partial charge >= 0.3 is 0 Å². The molecule has 18 heavy (non-hydrogen) atoms. The van der Waals surface area contributed by atoms with Crippen LogP contribution in [0.4, 0.5) is 4.39 Å². The zero-order valence-corrected chi connectivity index (χ0v) is 11.3. The van der Waals surface area contributed by atoms with Crippen LogP contribution in [-0.2, 0) is 5.85 Å². The van der Waals surface area contributed by atoms with E-state index in [0.29, 0.717) is 30.7 Å². The van der Waals surface area contributed by atoms with E-state index >= 15 is 0 Å². The van der Waals surface area contributed by atoms with Crippen LogP contribution in [0.2, 0.25) is 10.0 Å². The molecule has 5 heteroatoms. The first kappa shape index (κ1) is 15.2. The number of nitriles is 1. The van der Waals surface area contributed by atoms with E-state index in [1.165, 1.54) is 18.2 Å².